The van der Waals surface area contributed by atoms with Gasteiger partial charge in [0.2, 0.25) is 0 Å². The average Bonchev–Trinajstić information content (AvgIpc) is 3.39. The molecule has 3 aromatic carbocycles. The van der Waals surface area contributed by atoms with Crippen LogP contribution in [0.3, 0.4) is 0 Å². The third-order valence-electron chi connectivity index (χ3n) is 7.37. The van der Waals surface area contributed by atoms with E-state index in [0.717, 1.165) is 53.1 Å². The van der Waals surface area contributed by atoms with Crippen LogP contribution in [0.15, 0.2) is 60.7 Å². The summed E-state index contributed by atoms with van der Waals surface area (Å²) in [5.74, 6) is 1.64. The van der Waals surface area contributed by atoms with Crippen LogP contribution in [-0.4, -0.2) is 47.5 Å². The Balaban J connectivity index is 1.39. The van der Waals surface area contributed by atoms with Crippen molar-refractivity contribution < 1.29 is 24.1 Å². The molecular formula is C30H31ClFNO4. The Morgan fingerprint density at radius 3 is 2.59 bits per heavy atom. The number of hydrogen-bond acceptors (Lipinski definition) is 5. The summed E-state index contributed by atoms with van der Waals surface area (Å²) in [5, 5.41) is 20.3. The van der Waals surface area contributed by atoms with Crippen molar-refractivity contribution in [1.29, 1.82) is 0 Å². The molecule has 7 heteroatoms. The summed E-state index contributed by atoms with van der Waals surface area (Å²) in [5.41, 5.74) is 4.57. The van der Waals surface area contributed by atoms with Gasteiger partial charge in [0.15, 0.2) is 0 Å². The van der Waals surface area contributed by atoms with Crippen molar-refractivity contribution in [3.8, 4) is 23.0 Å². The van der Waals surface area contributed by atoms with Crippen molar-refractivity contribution in [2.24, 2.45) is 5.92 Å². The lowest BCUT2D eigenvalue weighted by atomic mass is 9.86. The van der Waals surface area contributed by atoms with Gasteiger partial charge in [0.25, 0.3) is 0 Å². The van der Waals surface area contributed by atoms with Crippen LogP contribution in [0.1, 0.15) is 43.1 Å². The van der Waals surface area contributed by atoms with Gasteiger partial charge in [0, 0.05) is 35.7 Å². The molecule has 37 heavy (non-hydrogen) atoms. The second-order valence-electron chi connectivity index (χ2n) is 9.92. The summed E-state index contributed by atoms with van der Waals surface area (Å²) < 4.78 is 25.5. The van der Waals surface area contributed by atoms with E-state index in [2.05, 4.69) is 11.8 Å². The van der Waals surface area contributed by atoms with Crippen molar-refractivity contribution in [3.63, 3.8) is 0 Å². The smallest absolute Gasteiger partial charge is 0.150 e. The molecule has 0 radical (unpaired) electrons. The van der Waals surface area contributed by atoms with Crippen LogP contribution in [0, 0.1) is 5.92 Å². The minimum absolute atomic E-state index is 0.0205. The van der Waals surface area contributed by atoms with Gasteiger partial charge in [-0.05, 0) is 79.9 Å². The number of fused-ring (bicyclic) bond motifs is 1. The Hall–Kier alpha value is -3.22. The number of phenolic OH excluding ortho intramolecular Hbond substituents is 2. The molecule has 2 heterocycles. The zero-order valence-corrected chi connectivity index (χ0v) is 21.7. The van der Waals surface area contributed by atoms with Crippen molar-refractivity contribution in [2.45, 2.75) is 32.4 Å². The Morgan fingerprint density at radius 2 is 1.89 bits per heavy atom. The summed E-state index contributed by atoms with van der Waals surface area (Å²) in [6, 6.07) is 18.3. The second-order valence-corrected chi connectivity index (χ2v) is 10.3. The Labute approximate surface area is 221 Å². The number of ether oxygens (including phenoxy) is 2. The van der Waals surface area contributed by atoms with Gasteiger partial charge < -0.3 is 19.7 Å². The fourth-order valence-corrected chi connectivity index (χ4v) is 5.35. The Morgan fingerprint density at radius 1 is 1.11 bits per heavy atom. The average molecular weight is 524 g/mol. The number of benzene rings is 3. The van der Waals surface area contributed by atoms with Crippen LogP contribution < -0.4 is 9.47 Å². The Bertz CT molecular complexity index is 1310. The number of alkyl halides is 1. The maximum Gasteiger partial charge on any atom is 0.150 e. The van der Waals surface area contributed by atoms with Crippen LogP contribution in [-0.2, 0) is 0 Å². The highest BCUT2D eigenvalue weighted by Crippen LogP contribution is 2.48. The number of allylic oxidation sites excluding steroid dienone is 1. The fourth-order valence-electron chi connectivity index (χ4n) is 5.17. The van der Waals surface area contributed by atoms with Crippen molar-refractivity contribution >= 4 is 22.7 Å². The van der Waals surface area contributed by atoms with Crippen molar-refractivity contribution in [1.82, 2.24) is 4.90 Å². The third-order valence-corrected chi connectivity index (χ3v) is 7.67. The first-order chi connectivity index (χ1) is 17.8. The minimum Gasteiger partial charge on any atom is -0.508 e. The molecule has 0 aromatic heterocycles. The first-order valence-corrected chi connectivity index (χ1v) is 12.9. The van der Waals surface area contributed by atoms with E-state index in [1.54, 1.807) is 24.3 Å². The molecule has 0 bridgehead atoms. The molecular weight excluding hydrogens is 493 g/mol. The molecule has 2 N–H and O–H groups in total. The largest absolute Gasteiger partial charge is 0.508 e. The van der Waals surface area contributed by atoms with Gasteiger partial charge in [-0.15, -0.1) is 0 Å². The first-order valence-electron chi connectivity index (χ1n) is 12.6. The van der Waals surface area contributed by atoms with Crippen LogP contribution in [0.4, 0.5) is 4.39 Å². The topological polar surface area (TPSA) is 62.2 Å². The van der Waals surface area contributed by atoms with Gasteiger partial charge >= 0.3 is 0 Å². The zero-order valence-electron chi connectivity index (χ0n) is 21.0. The van der Waals surface area contributed by atoms with E-state index in [-0.39, 0.29) is 35.2 Å². The van der Waals surface area contributed by atoms with E-state index in [0.29, 0.717) is 12.4 Å². The van der Waals surface area contributed by atoms with Gasteiger partial charge in [-0.3, -0.25) is 9.29 Å². The highest BCUT2D eigenvalue weighted by molar-refractivity contribution is 6.32. The number of aromatic hydroxyl groups is 2. The zero-order chi connectivity index (χ0) is 26.1. The predicted molar refractivity (Wildman–Crippen MR) is 144 cm³/mol. The third kappa shape index (κ3) is 5.27. The molecule has 0 spiro atoms. The second kappa shape index (κ2) is 10.6. The van der Waals surface area contributed by atoms with E-state index in [1.807, 2.05) is 43.3 Å². The molecule has 0 aliphatic carbocycles. The number of rotatable bonds is 7. The highest BCUT2D eigenvalue weighted by Gasteiger charge is 2.30. The summed E-state index contributed by atoms with van der Waals surface area (Å²) in [7, 11) is 0. The van der Waals surface area contributed by atoms with Gasteiger partial charge in [-0.2, -0.15) is 0 Å². The summed E-state index contributed by atoms with van der Waals surface area (Å²) in [4.78, 5) is 2.28. The molecule has 0 saturated carbocycles. The summed E-state index contributed by atoms with van der Waals surface area (Å²) in [6.45, 7) is 6.09. The maximum atomic E-state index is 13.0. The summed E-state index contributed by atoms with van der Waals surface area (Å²) in [6.07, 6.45) is 0.449. The lowest BCUT2D eigenvalue weighted by Crippen LogP contribution is -2.35. The molecule has 5 nitrogen and oxygen atoms in total. The van der Waals surface area contributed by atoms with Crippen LogP contribution in [0.2, 0.25) is 5.02 Å². The van der Waals surface area contributed by atoms with E-state index in [1.165, 1.54) is 0 Å². The monoisotopic (exact) mass is 523 g/mol. The van der Waals surface area contributed by atoms with Crippen molar-refractivity contribution in [2.75, 3.05) is 26.4 Å². The number of hydrogen-bond donors (Lipinski definition) is 2. The fraction of sp³-hybridized carbons (Fsp3) is 0.333. The summed E-state index contributed by atoms with van der Waals surface area (Å²) >= 11 is 6.25. The molecule has 5 rings (SSSR count). The lowest BCUT2D eigenvalue weighted by molar-refractivity contribution is 0.165. The molecule has 3 aromatic rings. The normalized spacial score (nSPS) is 20.4. The minimum atomic E-state index is -0.454. The highest BCUT2D eigenvalue weighted by atomic mass is 35.5. The number of halogens is 2. The number of nitrogens with zero attached hydrogens (tertiary/aromatic N) is 1. The molecule has 1 saturated heterocycles. The quantitative estimate of drug-likeness (QED) is 0.353. The van der Waals surface area contributed by atoms with Crippen LogP contribution in [0.5, 0.6) is 23.0 Å². The molecule has 3 unspecified atom stereocenters. The van der Waals surface area contributed by atoms with Crippen LogP contribution in [0.25, 0.3) is 11.1 Å². The molecule has 194 valence electrons. The van der Waals surface area contributed by atoms with E-state index >= 15 is 0 Å². The molecule has 0 amide bonds. The van der Waals surface area contributed by atoms with Gasteiger partial charge in [-0.25, -0.2) is 0 Å². The molecule has 2 aliphatic heterocycles. The molecule has 3 atom stereocenters. The molecule has 2 aliphatic rings. The van der Waals surface area contributed by atoms with Crippen molar-refractivity contribution in [3.05, 3.63) is 82.4 Å². The lowest BCUT2D eigenvalue weighted by Gasteiger charge is -2.31. The van der Waals surface area contributed by atoms with Gasteiger partial charge in [-0.1, -0.05) is 29.8 Å². The van der Waals surface area contributed by atoms with E-state index < -0.39 is 6.10 Å². The van der Waals surface area contributed by atoms with Crippen LogP contribution >= 0.6 is 11.6 Å². The van der Waals surface area contributed by atoms with Gasteiger partial charge in [0.1, 0.15) is 35.7 Å². The van der Waals surface area contributed by atoms with Gasteiger partial charge in [0.05, 0.1) is 11.7 Å². The maximum absolute atomic E-state index is 13.0. The number of phenols is 2. The Kier molecular flexibility index (Phi) is 7.31. The van der Waals surface area contributed by atoms with E-state index in [4.69, 9.17) is 21.1 Å². The number of likely N-dealkylation sites (tertiary alicyclic amines) is 1. The SMILES string of the molecule is CC1=C(c2ccc(O)c(Cl)c2)C(c2ccc(OCC(C)N3CCC(CF)C3)cc2)Oc2cc(O)ccc21. The molecule has 1 fully saturated rings. The predicted octanol–water partition coefficient (Wildman–Crippen LogP) is 6.87. The first kappa shape index (κ1) is 25.4. The van der Waals surface area contributed by atoms with E-state index in [9.17, 15) is 14.6 Å². The standard InChI is InChI=1S/C30H31ClFNO4/c1-18(33-12-11-20(15-32)16-33)17-36-24-7-3-21(4-8-24)30-29(22-5-10-27(35)26(31)13-22)19(2)25-9-6-23(34)14-28(25)37-30/h3-10,13-14,18,20,30,34-35H,11-12,15-17H2,1-2H3.